The molecule has 1 aromatic carbocycles. The van der Waals surface area contributed by atoms with Crippen LogP contribution in [0, 0.1) is 13.8 Å². The van der Waals surface area contributed by atoms with Gasteiger partial charge in [0.1, 0.15) is 6.04 Å². The van der Waals surface area contributed by atoms with E-state index in [-0.39, 0.29) is 13.0 Å². The Morgan fingerprint density at radius 2 is 2.00 bits per heavy atom. The number of carboxylic acids is 1. The zero-order chi connectivity index (χ0) is 14.9. The van der Waals surface area contributed by atoms with Crippen molar-refractivity contribution in [2.24, 2.45) is 0 Å². The SMILES string of the molecule is Cc1ccc(NC(=O)N2CC(O)C[C@H]2C(=O)O)cc1C. The summed E-state index contributed by atoms with van der Waals surface area (Å²) in [4.78, 5) is 24.3. The van der Waals surface area contributed by atoms with Crippen molar-refractivity contribution in [1.82, 2.24) is 4.90 Å². The molecule has 2 rings (SSSR count). The average Bonchev–Trinajstić information content (AvgIpc) is 2.76. The van der Waals surface area contributed by atoms with Crippen LogP contribution in [0.1, 0.15) is 17.5 Å². The van der Waals surface area contributed by atoms with Gasteiger partial charge >= 0.3 is 12.0 Å². The van der Waals surface area contributed by atoms with Crippen LogP contribution in [-0.4, -0.2) is 45.8 Å². The molecule has 2 atom stereocenters. The van der Waals surface area contributed by atoms with Crippen LogP contribution in [0.2, 0.25) is 0 Å². The molecule has 1 fully saturated rings. The van der Waals surface area contributed by atoms with Gasteiger partial charge in [-0.2, -0.15) is 0 Å². The molecule has 1 unspecified atom stereocenters. The average molecular weight is 278 g/mol. The number of aliphatic hydroxyl groups is 1. The van der Waals surface area contributed by atoms with Gasteiger partial charge in [-0.15, -0.1) is 0 Å². The molecule has 6 nitrogen and oxygen atoms in total. The molecule has 2 amide bonds. The molecule has 0 bridgehead atoms. The highest BCUT2D eigenvalue weighted by molar-refractivity contribution is 5.92. The zero-order valence-electron chi connectivity index (χ0n) is 11.5. The summed E-state index contributed by atoms with van der Waals surface area (Å²) in [7, 11) is 0. The molecule has 0 spiro atoms. The second kappa shape index (κ2) is 5.50. The first-order chi connectivity index (χ1) is 9.38. The van der Waals surface area contributed by atoms with Crippen molar-refractivity contribution < 1.29 is 19.8 Å². The molecular weight excluding hydrogens is 260 g/mol. The van der Waals surface area contributed by atoms with Crippen LogP contribution in [0.5, 0.6) is 0 Å². The number of anilines is 1. The molecule has 20 heavy (non-hydrogen) atoms. The number of carbonyl (C=O) groups is 2. The Bertz CT molecular complexity index is 544. The van der Waals surface area contributed by atoms with E-state index in [1.165, 1.54) is 0 Å². The van der Waals surface area contributed by atoms with Gasteiger partial charge in [0.05, 0.1) is 6.10 Å². The van der Waals surface area contributed by atoms with Crippen LogP contribution < -0.4 is 5.32 Å². The molecule has 1 aliphatic heterocycles. The molecule has 0 aliphatic carbocycles. The number of nitrogens with zero attached hydrogens (tertiary/aromatic N) is 1. The number of carboxylic acid groups (broad SMARTS) is 1. The maximum Gasteiger partial charge on any atom is 0.326 e. The number of likely N-dealkylation sites (tertiary alicyclic amines) is 1. The van der Waals surface area contributed by atoms with Gasteiger partial charge in [-0.1, -0.05) is 6.07 Å². The number of aliphatic carboxylic acids is 1. The minimum absolute atomic E-state index is 0.0354. The lowest BCUT2D eigenvalue weighted by Crippen LogP contribution is -2.43. The van der Waals surface area contributed by atoms with E-state index in [0.29, 0.717) is 5.69 Å². The van der Waals surface area contributed by atoms with E-state index < -0.39 is 24.1 Å². The fraction of sp³-hybridized carbons (Fsp3) is 0.429. The molecule has 1 aliphatic rings. The molecule has 0 aromatic heterocycles. The molecule has 6 heteroatoms. The van der Waals surface area contributed by atoms with Gasteiger partial charge < -0.3 is 20.4 Å². The Kier molecular flexibility index (Phi) is 3.94. The van der Waals surface area contributed by atoms with E-state index in [2.05, 4.69) is 5.32 Å². The van der Waals surface area contributed by atoms with Crippen molar-refractivity contribution in [2.75, 3.05) is 11.9 Å². The normalized spacial score (nSPS) is 21.9. The molecule has 1 heterocycles. The Labute approximate surface area is 117 Å². The van der Waals surface area contributed by atoms with Crippen molar-refractivity contribution in [2.45, 2.75) is 32.4 Å². The summed E-state index contributed by atoms with van der Waals surface area (Å²) in [6.07, 6.45) is -0.725. The number of aryl methyl sites for hydroxylation is 2. The van der Waals surface area contributed by atoms with E-state index in [1.807, 2.05) is 26.0 Å². The third-order valence-electron chi connectivity index (χ3n) is 3.58. The van der Waals surface area contributed by atoms with Gasteiger partial charge in [-0.25, -0.2) is 9.59 Å². The number of aliphatic hydroxyl groups excluding tert-OH is 1. The van der Waals surface area contributed by atoms with E-state index in [1.54, 1.807) is 6.07 Å². The van der Waals surface area contributed by atoms with Crippen molar-refractivity contribution in [3.63, 3.8) is 0 Å². The number of urea groups is 1. The summed E-state index contributed by atoms with van der Waals surface area (Å²) < 4.78 is 0. The van der Waals surface area contributed by atoms with Crippen molar-refractivity contribution in [3.8, 4) is 0 Å². The first-order valence-electron chi connectivity index (χ1n) is 6.44. The van der Waals surface area contributed by atoms with Crippen molar-refractivity contribution in [1.29, 1.82) is 0 Å². The number of hydrogen-bond donors (Lipinski definition) is 3. The Morgan fingerprint density at radius 3 is 2.60 bits per heavy atom. The number of rotatable bonds is 2. The molecule has 108 valence electrons. The number of benzene rings is 1. The van der Waals surface area contributed by atoms with E-state index >= 15 is 0 Å². The van der Waals surface area contributed by atoms with E-state index in [4.69, 9.17) is 5.11 Å². The second-order valence-electron chi connectivity index (χ2n) is 5.13. The third kappa shape index (κ3) is 2.91. The third-order valence-corrected chi connectivity index (χ3v) is 3.58. The first-order valence-corrected chi connectivity index (χ1v) is 6.44. The number of carbonyl (C=O) groups excluding carboxylic acids is 1. The monoisotopic (exact) mass is 278 g/mol. The Morgan fingerprint density at radius 1 is 1.30 bits per heavy atom. The molecule has 3 N–H and O–H groups in total. The molecule has 0 saturated carbocycles. The van der Waals surface area contributed by atoms with Crippen molar-refractivity contribution in [3.05, 3.63) is 29.3 Å². The predicted octanol–water partition coefficient (Wildman–Crippen LogP) is 1.36. The predicted molar refractivity (Wildman–Crippen MR) is 73.7 cm³/mol. The van der Waals surface area contributed by atoms with Gasteiger partial charge in [0.25, 0.3) is 0 Å². The maximum atomic E-state index is 12.1. The Balaban J connectivity index is 2.11. The van der Waals surface area contributed by atoms with Gasteiger partial charge in [-0.05, 0) is 37.1 Å². The molecule has 1 aromatic rings. The zero-order valence-corrected chi connectivity index (χ0v) is 11.5. The van der Waals surface area contributed by atoms with Crippen LogP contribution in [0.4, 0.5) is 10.5 Å². The minimum atomic E-state index is -1.10. The second-order valence-corrected chi connectivity index (χ2v) is 5.13. The lowest BCUT2D eigenvalue weighted by molar-refractivity contribution is -0.141. The summed E-state index contributed by atoms with van der Waals surface area (Å²) in [5.74, 6) is -1.10. The van der Waals surface area contributed by atoms with Crippen LogP contribution in [0.15, 0.2) is 18.2 Å². The van der Waals surface area contributed by atoms with E-state index in [0.717, 1.165) is 16.0 Å². The fourth-order valence-corrected chi connectivity index (χ4v) is 2.29. The lowest BCUT2D eigenvalue weighted by atomic mass is 10.1. The summed E-state index contributed by atoms with van der Waals surface area (Å²) in [6, 6.07) is 4.00. The molecule has 1 saturated heterocycles. The van der Waals surface area contributed by atoms with E-state index in [9.17, 15) is 14.7 Å². The largest absolute Gasteiger partial charge is 0.480 e. The first kappa shape index (κ1) is 14.3. The standard InChI is InChI=1S/C14H18N2O4/c1-8-3-4-10(5-9(8)2)15-14(20)16-7-11(17)6-12(16)13(18)19/h3-5,11-12,17H,6-7H2,1-2H3,(H,15,20)(H,18,19)/t11?,12-/m0/s1. The van der Waals surface area contributed by atoms with Crippen LogP contribution >= 0.6 is 0 Å². The van der Waals surface area contributed by atoms with Gasteiger partial charge in [0, 0.05) is 18.7 Å². The summed E-state index contributed by atoms with van der Waals surface area (Å²) in [5.41, 5.74) is 2.77. The van der Waals surface area contributed by atoms with Crippen molar-refractivity contribution >= 4 is 17.7 Å². The highest BCUT2D eigenvalue weighted by Crippen LogP contribution is 2.20. The Hall–Kier alpha value is -2.08. The minimum Gasteiger partial charge on any atom is -0.480 e. The molecule has 0 radical (unpaired) electrons. The highest BCUT2D eigenvalue weighted by atomic mass is 16.4. The van der Waals surface area contributed by atoms with Gasteiger partial charge in [-0.3, -0.25) is 0 Å². The highest BCUT2D eigenvalue weighted by Gasteiger charge is 2.38. The van der Waals surface area contributed by atoms with Crippen LogP contribution in [0.25, 0.3) is 0 Å². The molecular formula is C14H18N2O4. The summed E-state index contributed by atoms with van der Waals surface area (Å²) in [6.45, 7) is 3.94. The number of nitrogens with one attached hydrogen (secondary N) is 1. The fourth-order valence-electron chi connectivity index (χ4n) is 2.29. The van der Waals surface area contributed by atoms with Gasteiger partial charge in [0.15, 0.2) is 0 Å². The topological polar surface area (TPSA) is 89.9 Å². The number of hydrogen-bond acceptors (Lipinski definition) is 3. The van der Waals surface area contributed by atoms with Crippen LogP contribution in [-0.2, 0) is 4.79 Å². The summed E-state index contributed by atoms with van der Waals surface area (Å²) >= 11 is 0. The number of amides is 2. The summed E-state index contributed by atoms with van der Waals surface area (Å²) in [5, 5.41) is 21.3. The quantitative estimate of drug-likeness (QED) is 0.762. The maximum absolute atomic E-state index is 12.1. The lowest BCUT2D eigenvalue weighted by Gasteiger charge is -2.21. The number of β-amino-alcohol motifs (C(OH)–C–C–N with tert-alkyl or cyclic N) is 1. The smallest absolute Gasteiger partial charge is 0.326 e. The van der Waals surface area contributed by atoms with Gasteiger partial charge in [0.2, 0.25) is 0 Å². The van der Waals surface area contributed by atoms with Crippen LogP contribution in [0.3, 0.4) is 0 Å².